The van der Waals surface area contributed by atoms with E-state index in [4.69, 9.17) is 9.94 Å². The van der Waals surface area contributed by atoms with Crippen molar-refractivity contribution in [3.8, 4) is 5.75 Å². The van der Waals surface area contributed by atoms with Crippen molar-refractivity contribution in [2.45, 2.75) is 33.1 Å². The lowest BCUT2D eigenvalue weighted by molar-refractivity contribution is 0.317. The molecular formula is C15H23NO2S. The van der Waals surface area contributed by atoms with Gasteiger partial charge in [-0.2, -0.15) is 11.8 Å². The van der Waals surface area contributed by atoms with E-state index in [2.05, 4.69) is 24.2 Å². The predicted octanol–water partition coefficient (Wildman–Crippen LogP) is 3.99. The molecule has 1 N–H and O–H groups in total. The topological polar surface area (TPSA) is 41.8 Å². The molecule has 0 heterocycles. The Morgan fingerprint density at radius 2 is 2.05 bits per heavy atom. The largest absolute Gasteiger partial charge is 0.494 e. The summed E-state index contributed by atoms with van der Waals surface area (Å²) in [6.45, 7) is 4.78. The van der Waals surface area contributed by atoms with Gasteiger partial charge in [0.15, 0.2) is 0 Å². The van der Waals surface area contributed by atoms with Gasteiger partial charge in [0.1, 0.15) is 5.75 Å². The number of aryl methyl sites for hydroxylation is 1. The average Bonchev–Trinajstić information content (AvgIpc) is 2.45. The Morgan fingerprint density at radius 3 is 2.68 bits per heavy atom. The zero-order valence-electron chi connectivity index (χ0n) is 11.8. The van der Waals surface area contributed by atoms with Gasteiger partial charge in [-0.25, -0.2) is 0 Å². The van der Waals surface area contributed by atoms with E-state index in [1.165, 1.54) is 11.3 Å². The van der Waals surface area contributed by atoms with Gasteiger partial charge in [0, 0.05) is 0 Å². The van der Waals surface area contributed by atoms with E-state index in [0.29, 0.717) is 0 Å². The molecule has 0 unspecified atom stereocenters. The third-order valence-electron chi connectivity index (χ3n) is 2.78. The second-order valence-corrected chi connectivity index (χ2v) is 5.77. The molecular weight excluding hydrogens is 258 g/mol. The van der Waals surface area contributed by atoms with Crippen LogP contribution in [0.3, 0.4) is 0 Å². The van der Waals surface area contributed by atoms with E-state index in [0.717, 1.165) is 43.1 Å². The van der Waals surface area contributed by atoms with Crippen molar-refractivity contribution >= 4 is 17.5 Å². The smallest absolute Gasteiger partial charge is 0.119 e. The molecule has 106 valence electrons. The van der Waals surface area contributed by atoms with Crippen LogP contribution in [0, 0.1) is 0 Å². The molecule has 0 atom stereocenters. The van der Waals surface area contributed by atoms with Crippen molar-refractivity contribution in [1.82, 2.24) is 0 Å². The highest BCUT2D eigenvalue weighted by atomic mass is 32.2. The van der Waals surface area contributed by atoms with Gasteiger partial charge in [-0.15, -0.1) is 0 Å². The molecule has 0 aliphatic carbocycles. The number of hydrogen-bond acceptors (Lipinski definition) is 4. The third kappa shape index (κ3) is 7.11. The van der Waals surface area contributed by atoms with Crippen LogP contribution in [0.5, 0.6) is 5.75 Å². The molecule has 0 spiro atoms. The maximum atomic E-state index is 8.58. The first-order chi connectivity index (χ1) is 9.26. The summed E-state index contributed by atoms with van der Waals surface area (Å²) in [7, 11) is 0. The SMILES string of the molecule is CCSCCCOc1ccc(CC/C(C)=N/O)cc1. The molecule has 1 rings (SSSR count). The minimum atomic E-state index is 0.758. The highest BCUT2D eigenvalue weighted by Gasteiger charge is 1.98. The molecule has 1 aromatic rings. The van der Waals surface area contributed by atoms with Crippen molar-refractivity contribution in [1.29, 1.82) is 0 Å². The Bertz CT molecular complexity index is 376. The van der Waals surface area contributed by atoms with Gasteiger partial charge in [-0.05, 0) is 55.4 Å². The summed E-state index contributed by atoms with van der Waals surface area (Å²) in [4.78, 5) is 0. The van der Waals surface area contributed by atoms with Crippen LogP contribution in [-0.4, -0.2) is 29.0 Å². The summed E-state index contributed by atoms with van der Waals surface area (Å²) >= 11 is 1.95. The van der Waals surface area contributed by atoms with Crippen molar-refractivity contribution in [2.24, 2.45) is 5.16 Å². The van der Waals surface area contributed by atoms with Crippen LogP contribution < -0.4 is 4.74 Å². The first kappa shape index (κ1) is 15.9. The molecule has 0 aliphatic rings. The van der Waals surface area contributed by atoms with E-state index in [1.54, 1.807) is 0 Å². The number of oxime groups is 1. The van der Waals surface area contributed by atoms with E-state index in [1.807, 2.05) is 30.8 Å². The van der Waals surface area contributed by atoms with Crippen molar-refractivity contribution in [3.63, 3.8) is 0 Å². The Labute approximate surface area is 120 Å². The van der Waals surface area contributed by atoms with E-state index < -0.39 is 0 Å². The number of benzene rings is 1. The van der Waals surface area contributed by atoms with Crippen LogP contribution in [0.15, 0.2) is 29.4 Å². The molecule has 0 saturated heterocycles. The van der Waals surface area contributed by atoms with Crippen molar-refractivity contribution < 1.29 is 9.94 Å². The van der Waals surface area contributed by atoms with E-state index in [-0.39, 0.29) is 0 Å². The fourth-order valence-corrected chi connectivity index (χ4v) is 2.23. The van der Waals surface area contributed by atoms with Crippen LogP contribution in [0.4, 0.5) is 0 Å². The Balaban J connectivity index is 2.27. The normalized spacial score (nSPS) is 11.6. The summed E-state index contributed by atoms with van der Waals surface area (Å²) in [5, 5.41) is 11.8. The molecule has 0 saturated carbocycles. The molecule has 0 fully saturated rings. The molecule has 0 aliphatic heterocycles. The lowest BCUT2D eigenvalue weighted by Crippen LogP contribution is -1.99. The summed E-state index contributed by atoms with van der Waals surface area (Å²) < 4.78 is 5.68. The molecule has 0 aromatic heterocycles. The maximum Gasteiger partial charge on any atom is 0.119 e. The number of hydrogen-bond donors (Lipinski definition) is 1. The molecule has 0 amide bonds. The Kier molecular flexibility index (Phi) is 8.14. The predicted molar refractivity (Wildman–Crippen MR) is 82.8 cm³/mol. The minimum absolute atomic E-state index is 0.758. The van der Waals surface area contributed by atoms with E-state index >= 15 is 0 Å². The fraction of sp³-hybridized carbons (Fsp3) is 0.533. The molecule has 19 heavy (non-hydrogen) atoms. The van der Waals surface area contributed by atoms with Crippen LogP contribution in [0.25, 0.3) is 0 Å². The number of ether oxygens (including phenoxy) is 1. The quantitative estimate of drug-likeness (QED) is 0.322. The zero-order chi connectivity index (χ0) is 13.9. The van der Waals surface area contributed by atoms with Gasteiger partial charge in [0.25, 0.3) is 0 Å². The van der Waals surface area contributed by atoms with E-state index in [9.17, 15) is 0 Å². The van der Waals surface area contributed by atoms with Crippen LogP contribution in [0.1, 0.15) is 32.3 Å². The summed E-state index contributed by atoms with van der Waals surface area (Å²) in [6, 6.07) is 8.16. The zero-order valence-corrected chi connectivity index (χ0v) is 12.6. The van der Waals surface area contributed by atoms with Gasteiger partial charge < -0.3 is 9.94 Å². The minimum Gasteiger partial charge on any atom is -0.494 e. The third-order valence-corrected chi connectivity index (χ3v) is 3.76. The molecule has 0 radical (unpaired) electrons. The number of nitrogens with zero attached hydrogens (tertiary/aromatic N) is 1. The lowest BCUT2D eigenvalue weighted by atomic mass is 10.1. The van der Waals surface area contributed by atoms with Crippen LogP contribution >= 0.6 is 11.8 Å². The lowest BCUT2D eigenvalue weighted by Gasteiger charge is -2.07. The van der Waals surface area contributed by atoms with Crippen molar-refractivity contribution in [3.05, 3.63) is 29.8 Å². The first-order valence-corrected chi connectivity index (χ1v) is 7.88. The van der Waals surface area contributed by atoms with Crippen LogP contribution in [0.2, 0.25) is 0 Å². The van der Waals surface area contributed by atoms with Crippen molar-refractivity contribution in [2.75, 3.05) is 18.1 Å². The number of rotatable bonds is 9. The second kappa shape index (κ2) is 9.73. The standard InChI is InChI=1S/C15H23NO2S/c1-3-19-12-4-11-18-15-9-7-14(8-10-15)6-5-13(2)16-17/h7-10,17H,3-6,11-12H2,1-2H3/b16-13+. The summed E-state index contributed by atoms with van der Waals surface area (Å²) in [5.41, 5.74) is 1.99. The fourth-order valence-electron chi connectivity index (χ4n) is 1.62. The summed E-state index contributed by atoms with van der Waals surface area (Å²) in [5.74, 6) is 3.26. The van der Waals surface area contributed by atoms with Gasteiger partial charge in [-0.3, -0.25) is 0 Å². The van der Waals surface area contributed by atoms with Gasteiger partial charge in [0.05, 0.1) is 12.3 Å². The first-order valence-electron chi connectivity index (χ1n) is 6.73. The maximum absolute atomic E-state index is 8.58. The summed E-state index contributed by atoms with van der Waals surface area (Å²) in [6.07, 6.45) is 2.76. The highest BCUT2D eigenvalue weighted by Crippen LogP contribution is 2.14. The highest BCUT2D eigenvalue weighted by molar-refractivity contribution is 7.99. The second-order valence-electron chi connectivity index (χ2n) is 4.38. The van der Waals surface area contributed by atoms with Gasteiger partial charge >= 0.3 is 0 Å². The monoisotopic (exact) mass is 281 g/mol. The molecule has 3 nitrogen and oxygen atoms in total. The Hall–Kier alpha value is -1.16. The molecule has 0 bridgehead atoms. The van der Waals surface area contributed by atoms with Gasteiger partial charge in [0.2, 0.25) is 0 Å². The average molecular weight is 281 g/mol. The van der Waals surface area contributed by atoms with Crippen LogP contribution in [-0.2, 0) is 6.42 Å². The molecule has 1 aromatic carbocycles. The van der Waals surface area contributed by atoms with Gasteiger partial charge in [-0.1, -0.05) is 24.2 Å². The molecule has 4 heteroatoms. The Morgan fingerprint density at radius 1 is 1.32 bits per heavy atom. The number of thioether (sulfide) groups is 1.